The van der Waals surface area contributed by atoms with Gasteiger partial charge in [-0.1, -0.05) is 74.5 Å². The van der Waals surface area contributed by atoms with Crippen LogP contribution < -0.4 is 10.2 Å². The molecule has 0 spiro atoms. The van der Waals surface area contributed by atoms with E-state index in [1.807, 2.05) is 68.4 Å². The zero-order valence-electron chi connectivity index (χ0n) is 21.7. The molecular formula is C30H35N3O4. The summed E-state index contributed by atoms with van der Waals surface area (Å²) >= 11 is 0. The molecule has 1 aliphatic rings. The third-order valence-corrected chi connectivity index (χ3v) is 6.80. The quantitative estimate of drug-likeness (QED) is 0.431. The minimum Gasteiger partial charge on any atom is -0.481 e. The number of amides is 2. The molecule has 2 aromatic carbocycles. The van der Waals surface area contributed by atoms with E-state index >= 15 is 0 Å². The predicted molar refractivity (Wildman–Crippen MR) is 147 cm³/mol. The Morgan fingerprint density at radius 1 is 1.08 bits per heavy atom. The Bertz CT molecular complexity index is 1190. The fourth-order valence-corrected chi connectivity index (χ4v) is 4.94. The second-order valence-corrected chi connectivity index (χ2v) is 9.80. The third kappa shape index (κ3) is 5.71. The molecule has 194 valence electrons. The first kappa shape index (κ1) is 27.6. The Balaban J connectivity index is 2.10. The van der Waals surface area contributed by atoms with E-state index in [9.17, 15) is 19.5 Å². The number of carboxylic acids is 1. The maximum Gasteiger partial charge on any atom is 0.311 e. The molecule has 2 N–H and O–H groups in total. The van der Waals surface area contributed by atoms with E-state index in [1.165, 1.54) is 17.1 Å². The topological polar surface area (TPSA) is 99.1 Å². The molecular weight excluding hydrogens is 466 g/mol. The Morgan fingerprint density at radius 2 is 1.68 bits per heavy atom. The number of carboxylic acid groups (broad SMARTS) is 1. The van der Waals surface area contributed by atoms with Crippen LogP contribution in [0, 0.1) is 17.3 Å². The minimum atomic E-state index is -1.44. The molecule has 0 fully saturated rings. The highest BCUT2D eigenvalue weighted by atomic mass is 16.4. The first-order valence-corrected chi connectivity index (χ1v) is 12.4. The Morgan fingerprint density at radius 3 is 2.24 bits per heavy atom. The molecule has 0 bridgehead atoms. The number of nitrogens with zero attached hydrogens (tertiary/aromatic N) is 2. The van der Waals surface area contributed by atoms with Gasteiger partial charge in [-0.05, 0) is 31.2 Å². The summed E-state index contributed by atoms with van der Waals surface area (Å²) in [6, 6.07) is 16.9. The number of hydrogen-bond acceptors (Lipinski definition) is 4. The summed E-state index contributed by atoms with van der Waals surface area (Å²) in [6.45, 7) is 11.3. The van der Waals surface area contributed by atoms with E-state index < -0.39 is 35.3 Å². The fourth-order valence-electron chi connectivity index (χ4n) is 4.94. The van der Waals surface area contributed by atoms with Crippen molar-refractivity contribution >= 4 is 29.2 Å². The molecule has 0 saturated heterocycles. The maximum absolute atomic E-state index is 13.8. The molecule has 0 aromatic heterocycles. The highest BCUT2D eigenvalue weighted by Crippen LogP contribution is 2.41. The van der Waals surface area contributed by atoms with Gasteiger partial charge < -0.3 is 15.3 Å². The van der Waals surface area contributed by atoms with E-state index in [-0.39, 0.29) is 18.8 Å². The standard InChI is InChI=1S/C30H35N3O4/c1-6-17-30(18-7-2,29(36)37)23(19-20(3)4)27(34)32-26-28(35)33(5)24-16-12-11-15-22(24)25(31-26)21-13-9-8-10-14-21/h6-16,20,23,26H,1-2,17-19H2,3-5H3,(H,32,34)(H,36,37)/t23-,26+/m0/s1. The number of nitrogens with one attached hydrogen (secondary N) is 1. The summed E-state index contributed by atoms with van der Waals surface area (Å²) in [5, 5.41) is 13.1. The van der Waals surface area contributed by atoms with E-state index in [1.54, 1.807) is 7.05 Å². The van der Waals surface area contributed by atoms with E-state index in [2.05, 4.69) is 18.5 Å². The molecule has 0 unspecified atom stereocenters. The Hall–Kier alpha value is -4.00. The number of allylic oxidation sites excluding steroid dienone is 2. The normalized spacial score (nSPS) is 16.3. The van der Waals surface area contributed by atoms with Crippen molar-refractivity contribution < 1.29 is 19.5 Å². The molecule has 1 heterocycles. The van der Waals surface area contributed by atoms with Crippen LogP contribution in [0.3, 0.4) is 0 Å². The Kier molecular flexibility index (Phi) is 8.81. The number of aliphatic carboxylic acids is 1. The number of carbonyl (C=O) groups excluding carboxylic acids is 2. The molecule has 2 aromatic rings. The first-order chi connectivity index (χ1) is 17.7. The van der Waals surface area contributed by atoms with Gasteiger partial charge in [-0.3, -0.25) is 14.4 Å². The zero-order chi connectivity index (χ0) is 27.2. The van der Waals surface area contributed by atoms with Crippen LogP contribution in [0.2, 0.25) is 0 Å². The number of hydrogen-bond donors (Lipinski definition) is 2. The molecule has 0 saturated carbocycles. The first-order valence-electron chi connectivity index (χ1n) is 12.4. The number of para-hydroxylation sites is 1. The smallest absolute Gasteiger partial charge is 0.311 e. The van der Waals surface area contributed by atoms with Crippen LogP contribution in [0.4, 0.5) is 5.69 Å². The molecule has 0 aliphatic carbocycles. The maximum atomic E-state index is 13.8. The molecule has 2 atom stereocenters. The minimum absolute atomic E-state index is 0.0317. The fraction of sp³-hybridized carbons (Fsp3) is 0.333. The summed E-state index contributed by atoms with van der Waals surface area (Å²) in [7, 11) is 1.65. The van der Waals surface area contributed by atoms with Gasteiger partial charge in [-0.15, -0.1) is 13.2 Å². The predicted octanol–water partition coefficient (Wildman–Crippen LogP) is 4.83. The van der Waals surface area contributed by atoms with Crippen LogP contribution in [0.1, 0.15) is 44.2 Å². The van der Waals surface area contributed by atoms with Crippen LogP contribution in [0.15, 0.2) is 84.9 Å². The van der Waals surface area contributed by atoms with Crippen molar-refractivity contribution in [3.63, 3.8) is 0 Å². The van der Waals surface area contributed by atoms with Gasteiger partial charge in [0.15, 0.2) is 0 Å². The van der Waals surface area contributed by atoms with Crippen LogP contribution in [-0.2, 0) is 14.4 Å². The van der Waals surface area contributed by atoms with Crippen LogP contribution in [-0.4, -0.2) is 41.8 Å². The van der Waals surface area contributed by atoms with Crippen LogP contribution in [0.5, 0.6) is 0 Å². The SMILES string of the molecule is C=CCC(CC=C)(C(=O)O)[C@@H](CC(C)C)C(=O)N[C@H]1N=C(c2ccccc2)c2ccccc2N(C)C1=O. The van der Waals surface area contributed by atoms with E-state index in [0.717, 1.165) is 11.1 Å². The molecule has 7 nitrogen and oxygen atoms in total. The number of carbonyl (C=O) groups is 3. The van der Waals surface area contributed by atoms with Crippen molar-refractivity contribution in [2.75, 3.05) is 11.9 Å². The highest BCUT2D eigenvalue weighted by Gasteiger charge is 2.48. The molecule has 37 heavy (non-hydrogen) atoms. The summed E-state index contributed by atoms with van der Waals surface area (Å²) < 4.78 is 0. The van der Waals surface area contributed by atoms with Crippen molar-refractivity contribution in [1.29, 1.82) is 0 Å². The average Bonchev–Trinajstić information content (AvgIpc) is 2.98. The number of benzene rings is 2. The van der Waals surface area contributed by atoms with Gasteiger partial charge in [-0.25, -0.2) is 4.99 Å². The van der Waals surface area contributed by atoms with Crippen molar-refractivity contribution in [2.24, 2.45) is 22.2 Å². The van der Waals surface area contributed by atoms with Crippen molar-refractivity contribution in [2.45, 2.75) is 39.3 Å². The van der Waals surface area contributed by atoms with Gasteiger partial charge >= 0.3 is 5.97 Å². The average molecular weight is 502 g/mol. The van der Waals surface area contributed by atoms with E-state index in [4.69, 9.17) is 4.99 Å². The largest absolute Gasteiger partial charge is 0.481 e. The zero-order valence-corrected chi connectivity index (χ0v) is 21.7. The lowest BCUT2D eigenvalue weighted by Gasteiger charge is -2.36. The lowest BCUT2D eigenvalue weighted by Crippen LogP contribution is -2.52. The lowest BCUT2D eigenvalue weighted by molar-refractivity contribution is -0.157. The molecule has 7 heteroatoms. The van der Waals surface area contributed by atoms with Gasteiger partial charge in [0.25, 0.3) is 5.91 Å². The molecule has 1 aliphatic heterocycles. The monoisotopic (exact) mass is 501 g/mol. The van der Waals surface area contributed by atoms with E-state index in [0.29, 0.717) is 17.8 Å². The summed E-state index contributed by atoms with van der Waals surface area (Å²) in [5.41, 5.74) is 1.37. The number of rotatable bonds is 11. The summed E-state index contributed by atoms with van der Waals surface area (Å²) in [4.78, 5) is 46.2. The molecule has 2 amide bonds. The van der Waals surface area contributed by atoms with Gasteiger partial charge in [0, 0.05) is 18.2 Å². The van der Waals surface area contributed by atoms with Gasteiger partial charge in [0.1, 0.15) is 0 Å². The Labute approximate surface area is 218 Å². The van der Waals surface area contributed by atoms with Crippen molar-refractivity contribution in [3.8, 4) is 0 Å². The van der Waals surface area contributed by atoms with Gasteiger partial charge in [-0.2, -0.15) is 0 Å². The second-order valence-electron chi connectivity index (χ2n) is 9.80. The number of likely N-dealkylation sites (N-methyl/N-ethyl adjacent to an activating group) is 1. The van der Waals surface area contributed by atoms with Gasteiger partial charge in [0.05, 0.1) is 22.7 Å². The summed E-state index contributed by atoms with van der Waals surface area (Å²) in [5.74, 6) is -2.94. The molecule has 0 radical (unpaired) electrons. The van der Waals surface area contributed by atoms with Gasteiger partial charge in [0.2, 0.25) is 12.1 Å². The number of aliphatic imine (C=N–C) groups is 1. The summed E-state index contributed by atoms with van der Waals surface area (Å²) in [6.07, 6.45) is 2.29. The van der Waals surface area contributed by atoms with Crippen molar-refractivity contribution in [3.05, 3.63) is 91.0 Å². The lowest BCUT2D eigenvalue weighted by atomic mass is 9.67. The number of fused-ring (bicyclic) bond motifs is 1. The highest BCUT2D eigenvalue weighted by molar-refractivity contribution is 6.20. The third-order valence-electron chi connectivity index (χ3n) is 6.80. The second kappa shape index (κ2) is 11.8. The van der Waals surface area contributed by atoms with Crippen LogP contribution >= 0.6 is 0 Å². The molecule has 3 rings (SSSR count). The number of anilines is 1. The van der Waals surface area contributed by atoms with Crippen LogP contribution in [0.25, 0.3) is 0 Å². The van der Waals surface area contributed by atoms with Crippen molar-refractivity contribution in [1.82, 2.24) is 5.32 Å². The number of benzodiazepines with no additional fused rings is 1.